The topological polar surface area (TPSA) is 112 Å². The molecule has 0 aliphatic carbocycles. The summed E-state index contributed by atoms with van der Waals surface area (Å²) >= 11 is 0. The average Bonchev–Trinajstić information content (AvgIpc) is 2.35. The lowest BCUT2D eigenvalue weighted by Gasteiger charge is -2.10. The molecule has 0 rings (SSSR count). The van der Waals surface area contributed by atoms with Crippen LogP contribution in [0.3, 0.4) is 0 Å². The second-order valence-corrected chi connectivity index (χ2v) is 5.73. The van der Waals surface area contributed by atoms with Crippen molar-refractivity contribution in [2.45, 2.75) is 32.4 Å². The Balaban J connectivity index is 0. The Hall–Kier alpha value is -0.530. The van der Waals surface area contributed by atoms with Crippen molar-refractivity contribution in [2.24, 2.45) is 11.5 Å². The van der Waals surface area contributed by atoms with Crippen molar-refractivity contribution in [3.05, 3.63) is 0 Å². The van der Waals surface area contributed by atoms with Crippen LogP contribution >= 0.6 is 21.6 Å². The minimum Gasteiger partial charge on any atom is -0.465 e. The van der Waals surface area contributed by atoms with Crippen LogP contribution in [-0.2, 0) is 19.1 Å². The Morgan fingerprint density at radius 2 is 1.72 bits per heavy atom. The molecule has 0 aliphatic heterocycles. The zero-order valence-corrected chi connectivity index (χ0v) is 12.2. The molecule has 0 spiro atoms. The molecule has 2 atom stereocenters. The third-order valence-corrected chi connectivity index (χ3v) is 4.27. The third-order valence-electron chi connectivity index (χ3n) is 1.73. The number of rotatable bonds is 8. The van der Waals surface area contributed by atoms with E-state index in [1.165, 1.54) is 0 Å². The summed E-state index contributed by atoms with van der Waals surface area (Å²) in [6.45, 7) is 4.21. The highest BCUT2D eigenvalue weighted by atomic mass is 33.1. The van der Waals surface area contributed by atoms with Crippen LogP contribution in [-0.4, -0.2) is 42.3 Å². The summed E-state index contributed by atoms with van der Waals surface area (Å²) in [5, 5.41) is 0. The first-order chi connectivity index (χ1) is 8.53. The molecule has 0 aromatic heterocycles. The van der Waals surface area contributed by atoms with Gasteiger partial charge in [0, 0.05) is 17.5 Å². The van der Waals surface area contributed by atoms with Crippen molar-refractivity contribution in [2.75, 3.05) is 18.1 Å². The summed E-state index contributed by atoms with van der Waals surface area (Å²) in [7, 11) is 3.22. The van der Waals surface area contributed by atoms with Crippen LogP contribution in [0.5, 0.6) is 0 Å². The molecule has 4 N–H and O–H groups in total. The Morgan fingerprint density at radius 1 is 1.22 bits per heavy atom. The molecule has 18 heavy (non-hydrogen) atoms. The highest BCUT2D eigenvalue weighted by Crippen LogP contribution is 2.22. The van der Waals surface area contributed by atoms with Crippen LogP contribution in [0, 0.1) is 0 Å². The van der Waals surface area contributed by atoms with Crippen molar-refractivity contribution >= 4 is 33.7 Å². The molecule has 0 amide bonds. The zero-order chi connectivity index (χ0) is 14.4. The normalized spacial score (nSPS) is 12.7. The first-order valence-electron chi connectivity index (χ1n) is 5.44. The summed E-state index contributed by atoms with van der Waals surface area (Å²) in [5.74, 6) is 1.13. The molecule has 0 heterocycles. The maximum absolute atomic E-state index is 11.1. The fourth-order valence-electron chi connectivity index (χ4n) is 0.692. The summed E-state index contributed by atoms with van der Waals surface area (Å²) in [4.78, 5) is 27.4. The zero-order valence-electron chi connectivity index (χ0n) is 10.6. The predicted molar refractivity (Wildman–Crippen MR) is 72.8 cm³/mol. The molecule has 0 aliphatic rings. The van der Waals surface area contributed by atoms with Gasteiger partial charge in [0.15, 0.2) is 0 Å². The molecule has 0 radical (unpaired) electrons. The molecule has 106 valence electrons. The molecular weight excluding hydrogens is 276 g/mol. The average molecular weight is 296 g/mol. The number of esters is 1. The standard InChI is InChI=1S/C9H20N2O2S2.CO2/c1-3-7(10)5-14-15-6-8(11)9(12)13-4-2;2-1-3/h7-8H,3-6,10-11H2,1-2H3;/t7-,8+;/m1./s1. The van der Waals surface area contributed by atoms with E-state index in [0.717, 1.165) is 12.2 Å². The number of nitrogens with two attached hydrogens (primary N) is 2. The Labute approximate surface area is 115 Å². The second kappa shape index (κ2) is 14.5. The quantitative estimate of drug-likeness (QED) is 0.376. The SMILES string of the molecule is CCOC(=O)[C@@H](N)CSSC[C@H](N)CC.O=C=O. The molecule has 0 fully saturated rings. The summed E-state index contributed by atoms with van der Waals surface area (Å²) in [6.07, 6.45) is 1.22. The third kappa shape index (κ3) is 13.5. The van der Waals surface area contributed by atoms with Gasteiger partial charge < -0.3 is 16.2 Å². The van der Waals surface area contributed by atoms with Crippen LogP contribution < -0.4 is 11.5 Å². The molecule has 6 nitrogen and oxygen atoms in total. The Morgan fingerprint density at radius 3 is 2.17 bits per heavy atom. The number of carbonyl (C=O) groups excluding carboxylic acids is 3. The fraction of sp³-hybridized carbons (Fsp3) is 0.800. The highest BCUT2D eigenvalue weighted by Gasteiger charge is 2.14. The van der Waals surface area contributed by atoms with Crippen molar-refractivity contribution in [3.63, 3.8) is 0 Å². The molecule has 8 heteroatoms. The maximum atomic E-state index is 11.1. The van der Waals surface area contributed by atoms with Gasteiger partial charge >= 0.3 is 12.1 Å². The van der Waals surface area contributed by atoms with E-state index in [-0.39, 0.29) is 18.2 Å². The lowest BCUT2D eigenvalue weighted by atomic mass is 10.3. The lowest BCUT2D eigenvalue weighted by Crippen LogP contribution is -2.34. The smallest absolute Gasteiger partial charge is 0.373 e. The molecule has 0 saturated carbocycles. The first-order valence-corrected chi connectivity index (χ1v) is 7.93. The molecule has 0 aromatic carbocycles. The molecular formula is C10H20N2O4S2. The lowest BCUT2D eigenvalue weighted by molar-refractivity contribution is -0.191. The molecule has 0 bridgehead atoms. The van der Waals surface area contributed by atoms with Gasteiger partial charge in [0.25, 0.3) is 0 Å². The van der Waals surface area contributed by atoms with Gasteiger partial charge in [-0.2, -0.15) is 9.59 Å². The minimum absolute atomic E-state index is 0.223. The number of ether oxygens (including phenoxy) is 1. The van der Waals surface area contributed by atoms with Gasteiger partial charge in [-0.05, 0) is 13.3 Å². The van der Waals surface area contributed by atoms with Crippen LogP contribution in [0.4, 0.5) is 0 Å². The predicted octanol–water partition coefficient (Wildman–Crippen LogP) is 0.412. The Bertz CT molecular complexity index is 248. The van der Waals surface area contributed by atoms with E-state index < -0.39 is 6.04 Å². The van der Waals surface area contributed by atoms with Gasteiger partial charge in [-0.15, -0.1) is 0 Å². The van der Waals surface area contributed by atoms with E-state index in [1.807, 2.05) is 0 Å². The van der Waals surface area contributed by atoms with Crippen molar-refractivity contribution in [1.29, 1.82) is 0 Å². The largest absolute Gasteiger partial charge is 0.465 e. The van der Waals surface area contributed by atoms with Crippen molar-refractivity contribution < 1.29 is 19.1 Å². The molecule has 0 unspecified atom stereocenters. The van der Waals surface area contributed by atoms with Crippen molar-refractivity contribution in [1.82, 2.24) is 0 Å². The maximum Gasteiger partial charge on any atom is 0.373 e. The monoisotopic (exact) mass is 296 g/mol. The summed E-state index contributed by atoms with van der Waals surface area (Å²) < 4.78 is 4.79. The Kier molecular flexibility index (Phi) is 16.0. The van der Waals surface area contributed by atoms with Gasteiger partial charge in [-0.1, -0.05) is 28.5 Å². The van der Waals surface area contributed by atoms with Crippen LogP contribution in [0.25, 0.3) is 0 Å². The van der Waals surface area contributed by atoms with E-state index in [9.17, 15) is 4.79 Å². The van der Waals surface area contributed by atoms with Gasteiger partial charge in [0.1, 0.15) is 6.04 Å². The highest BCUT2D eigenvalue weighted by molar-refractivity contribution is 8.76. The van der Waals surface area contributed by atoms with Gasteiger partial charge in [0.2, 0.25) is 0 Å². The van der Waals surface area contributed by atoms with Gasteiger partial charge in [-0.3, -0.25) is 4.79 Å². The van der Waals surface area contributed by atoms with E-state index >= 15 is 0 Å². The van der Waals surface area contributed by atoms with Gasteiger partial charge in [-0.25, -0.2) is 0 Å². The fourth-order valence-corrected chi connectivity index (χ4v) is 3.12. The molecule has 0 saturated heterocycles. The summed E-state index contributed by atoms with van der Waals surface area (Å²) in [6, 6.07) is -0.304. The minimum atomic E-state index is -0.527. The van der Waals surface area contributed by atoms with Crippen molar-refractivity contribution in [3.8, 4) is 0 Å². The molecule has 0 aromatic rings. The first kappa shape index (κ1) is 19.8. The second-order valence-electron chi connectivity index (χ2n) is 3.18. The van der Waals surface area contributed by atoms with Crippen LogP contribution in [0.2, 0.25) is 0 Å². The van der Waals surface area contributed by atoms with Crippen LogP contribution in [0.1, 0.15) is 20.3 Å². The van der Waals surface area contributed by atoms with E-state index in [0.29, 0.717) is 12.4 Å². The van der Waals surface area contributed by atoms with E-state index in [4.69, 9.17) is 25.8 Å². The number of hydrogen-bond acceptors (Lipinski definition) is 8. The van der Waals surface area contributed by atoms with Crippen LogP contribution in [0.15, 0.2) is 0 Å². The van der Waals surface area contributed by atoms with E-state index in [1.54, 1.807) is 28.5 Å². The summed E-state index contributed by atoms with van der Waals surface area (Å²) in [5.41, 5.74) is 11.4. The number of carbonyl (C=O) groups is 1. The van der Waals surface area contributed by atoms with Gasteiger partial charge in [0.05, 0.1) is 6.61 Å². The number of hydrogen-bond donors (Lipinski definition) is 2. The van der Waals surface area contributed by atoms with E-state index in [2.05, 4.69) is 6.92 Å².